The van der Waals surface area contributed by atoms with Gasteiger partial charge in [0.25, 0.3) is 0 Å². The molecule has 0 fully saturated rings. The molecule has 0 radical (unpaired) electrons. The predicted octanol–water partition coefficient (Wildman–Crippen LogP) is 4.92. The second-order valence-corrected chi connectivity index (χ2v) is 12.1. The Hall–Kier alpha value is -3.00. The maximum atomic E-state index is 13.5. The molecule has 1 amide bonds. The van der Waals surface area contributed by atoms with Crippen molar-refractivity contribution in [2.75, 3.05) is 12.4 Å². The van der Waals surface area contributed by atoms with E-state index in [0.717, 1.165) is 37.0 Å². The molecule has 0 saturated carbocycles. The molecule has 4 rings (SSSR count). The normalized spacial score (nSPS) is 22.2. The molecule has 200 valence electrons. The van der Waals surface area contributed by atoms with Crippen LogP contribution in [0.1, 0.15) is 45.1 Å². The molecule has 2 heterocycles. The number of hydrogen-bond donors (Lipinski definition) is 1. The van der Waals surface area contributed by atoms with Gasteiger partial charge in [-0.3, -0.25) is 9.59 Å². The van der Waals surface area contributed by atoms with E-state index in [1.165, 1.54) is 12.1 Å². The SMILES string of the molecule is C=C[C@@H]1CCCCOc2ccc(cc2)C[C@H](CS(=O)(=O)c2ccc(F)cc2)C(=O)N[C@@H](C(C)C)C(=O)C1. The van der Waals surface area contributed by atoms with Crippen LogP contribution in [0.25, 0.3) is 0 Å². The number of ether oxygens (including phenoxy) is 1. The van der Waals surface area contributed by atoms with Gasteiger partial charge in [-0.1, -0.05) is 32.1 Å². The summed E-state index contributed by atoms with van der Waals surface area (Å²) in [6.45, 7) is 8.13. The first-order valence-electron chi connectivity index (χ1n) is 12.7. The van der Waals surface area contributed by atoms with Gasteiger partial charge in [0.05, 0.1) is 29.2 Å². The molecule has 0 unspecified atom stereocenters. The van der Waals surface area contributed by atoms with Gasteiger partial charge in [-0.2, -0.15) is 0 Å². The second kappa shape index (κ2) is 13.0. The van der Waals surface area contributed by atoms with Crippen LogP contribution in [-0.2, 0) is 25.8 Å². The van der Waals surface area contributed by atoms with Crippen LogP contribution in [0.15, 0.2) is 66.1 Å². The number of allylic oxidation sites excluding steroid dienone is 1. The fourth-order valence-corrected chi connectivity index (χ4v) is 6.06. The van der Waals surface area contributed by atoms with Gasteiger partial charge in [0.1, 0.15) is 11.6 Å². The molecule has 37 heavy (non-hydrogen) atoms. The maximum absolute atomic E-state index is 13.5. The van der Waals surface area contributed by atoms with Gasteiger partial charge >= 0.3 is 0 Å². The summed E-state index contributed by atoms with van der Waals surface area (Å²) >= 11 is 0. The number of hydrogen-bond acceptors (Lipinski definition) is 5. The van der Waals surface area contributed by atoms with Crippen LogP contribution in [0.3, 0.4) is 0 Å². The first kappa shape index (κ1) is 28.6. The average molecular weight is 530 g/mol. The van der Waals surface area contributed by atoms with Gasteiger partial charge in [-0.05, 0) is 79.5 Å². The van der Waals surface area contributed by atoms with E-state index in [1.54, 1.807) is 6.08 Å². The van der Waals surface area contributed by atoms with Gasteiger partial charge in [0.15, 0.2) is 15.6 Å². The van der Waals surface area contributed by atoms with E-state index in [0.29, 0.717) is 12.4 Å². The van der Waals surface area contributed by atoms with E-state index in [9.17, 15) is 22.4 Å². The number of carbonyl (C=O) groups is 2. The third-order valence-electron chi connectivity index (χ3n) is 6.72. The van der Waals surface area contributed by atoms with E-state index in [1.807, 2.05) is 38.1 Å². The van der Waals surface area contributed by atoms with Crippen molar-refractivity contribution in [3.63, 3.8) is 0 Å². The Morgan fingerprint density at radius 2 is 1.73 bits per heavy atom. The van der Waals surface area contributed by atoms with Crippen molar-refractivity contribution < 1.29 is 27.1 Å². The Kier molecular flexibility index (Phi) is 10.0. The number of sulfone groups is 1. The molecule has 0 aliphatic carbocycles. The van der Waals surface area contributed by atoms with Crippen molar-refractivity contribution >= 4 is 21.5 Å². The standard InChI is InChI=1S/C29H36FNO5S/c1-4-21-7-5-6-16-36-25-12-8-22(9-13-25)17-23(29(33)31-28(20(2)3)27(32)18-21)19-37(34,35)26-14-10-24(30)11-15-26/h4,8-15,20-21,23,28H,1,5-7,16-19H2,2-3H3,(H,31,33)/t21-,23-,28+/m1/s1. The molecular weight excluding hydrogens is 493 g/mol. The summed E-state index contributed by atoms with van der Waals surface area (Å²) in [5.41, 5.74) is 0.769. The first-order chi connectivity index (χ1) is 17.6. The lowest BCUT2D eigenvalue weighted by atomic mass is 9.89. The summed E-state index contributed by atoms with van der Waals surface area (Å²) in [6.07, 6.45) is 4.69. The highest BCUT2D eigenvalue weighted by atomic mass is 32.2. The Balaban J connectivity index is 1.93. The summed E-state index contributed by atoms with van der Waals surface area (Å²) in [5.74, 6) is -2.08. The Bertz CT molecular complexity index is 1180. The van der Waals surface area contributed by atoms with Gasteiger partial charge in [-0.15, -0.1) is 6.58 Å². The van der Waals surface area contributed by atoms with Crippen molar-refractivity contribution in [1.82, 2.24) is 5.32 Å². The number of carbonyl (C=O) groups excluding carboxylic acids is 2. The van der Waals surface area contributed by atoms with E-state index in [-0.39, 0.29) is 35.4 Å². The number of rotatable bonds is 5. The average Bonchev–Trinajstić information content (AvgIpc) is 2.86. The van der Waals surface area contributed by atoms with Crippen molar-refractivity contribution in [3.8, 4) is 5.75 Å². The van der Waals surface area contributed by atoms with Gasteiger partial charge in [-0.25, -0.2) is 12.8 Å². The minimum absolute atomic E-state index is 0.0187. The Morgan fingerprint density at radius 1 is 1.05 bits per heavy atom. The van der Waals surface area contributed by atoms with Crippen LogP contribution >= 0.6 is 0 Å². The first-order valence-corrected chi connectivity index (χ1v) is 14.4. The zero-order valence-electron chi connectivity index (χ0n) is 21.5. The summed E-state index contributed by atoms with van der Waals surface area (Å²) in [6, 6.07) is 11.1. The van der Waals surface area contributed by atoms with Crippen LogP contribution < -0.4 is 10.1 Å². The second-order valence-electron chi connectivity index (χ2n) is 10.0. The van der Waals surface area contributed by atoms with Crippen molar-refractivity contribution in [3.05, 3.63) is 72.6 Å². The Morgan fingerprint density at radius 3 is 2.35 bits per heavy atom. The molecule has 3 atom stereocenters. The number of nitrogens with one attached hydrogen (secondary N) is 1. The number of fused-ring (bicyclic) bond motifs is 14. The molecule has 0 aromatic heterocycles. The van der Waals surface area contributed by atoms with Gasteiger partial charge in [0.2, 0.25) is 5.91 Å². The molecule has 6 nitrogen and oxygen atoms in total. The summed E-state index contributed by atoms with van der Waals surface area (Å²) in [4.78, 5) is 26.7. The molecule has 2 aliphatic heterocycles. The predicted molar refractivity (Wildman–Crippen MR) is 142 cm³/mol. The van der Waals surface area contributed by atoms with Crippen LogP contribution in [0.5, 0.6) is 5.75 Å². The highest BCUT2D eigenvalue weighted by Crippen LogP contribution is 2.23. The molecule has 2 aromatic carbocycles. The third kappa shape index (κ3) is 8.25. The molecule has 0 spiro atoms. The fraction of sp³-hybridized carbons (Fsp3) is 0.448. The topological polar surface area (TPSA) is 89.5 Å². The molecule has 2 aromatic rings. The van der Waals surface area contributed by atoms with E-state index in [2.05, 4.69) is 11.9 Å². The third-order valence-corrected chi connectivity index (χ3v) is 8.55. The smallest absolute Gasteiger partial charge is 0.225 e. The van der Waals surface area contributed by atoms with Crippen molar-refractivity contribution in [1.29, 1.82) is 0 Å². The van der Waals surface area contributed by atoms with Crippen LogP contribution in [0.4, 0.5) is 4.39 Å². The summed E-state index contributed by atoms with van der Waals surface area (Å²) in [7, 11) is -3.90. The molecular formula is C29H36FNO5S. The van der Waals surface area contributed by atoms with Crippen LogP contribution in [0.2, 0.25) is 0 Å². The van der Waals surface area contributed by atoms with Crippen molar-refractivity contribution in [2.24, 2.45) is 17.8 Å². The highest BCUT2D eigenvalue weighted by molar-refractivity contribution is 7.91. The quantitative estimate of drug-likeness (QED) is 0.439. The lowest BCUT2D eigenvalue weighted by molar-refractivity contribution is -0.131. The van der Waals surface area contributed by atoms with E-state index in [4.69, 9.17) is 4.74 Å². The fourth-order valence-electron chi connectivity index (χ4n) is 4.51. The van der Waals surface area contributed by atoms with Gasteiger partial charge in [0, 0.05) is 6.42 Å². The number of halogens is 1. The molecule has 8 heteroatoms. The van der Waals surface area contributed by atoms with E-state index >= 15 is 0 Å². The molecule has 2 aliphatic rings. The number of amides is 1. The largest absolute Gasteiger partial charge is 0.494 e. The summed E-state index contributed by atoms with van der Waals surface area (Å²) in [5, 5.41) is 2.86. The van der Waals surface area contributed by atoms with Gasteiger partial charge < -0.3 is 10.1 Å². The minimum Gasteiger partial charge on any atom is -0.494 e. The van der Waals surface area contributed by atoms with E-state index < -0.39 is 39.3 Å². The van der Waals surface area contributed by atoms with Crippen LogP contribution in [0, 0.1) is 23.6 Å². The number of benzene rings is 2. The lowest BCUT2D eigenvalue weighted by Gasteiger charge is -2.26. The highest BCUT2D eigenvalue weighted by Gasteiger charge is 2.32. The number of Topliss-reactive ketones (excluding diaryl/α,β-unsaturated/α-hetero) is 1. The monoisotopic (exact) mass is 529 g/mol. The number of ketones is 1. The molecule has 0 saturated heterocycles. The zero-order valence-corrected chi connectivity index (χ0v) is 22.3. The van der Waals surface area contributed by atoms with Crippen molar-refractivity contribution in [2.45, 2.75) is 56.9 Å². The Labute approximate surface area is 219 Å². The summed E-state index contributed by atoms with van der Waals surface area (Å²) < 4.78 is 45.5. The minimum atomic E-state index is -3.90. The molecule has 1 N–H and O–H groups in total. The maximum Gasteiger partial charge on any atom is 0.225 e. The van der Waals surface area contributed by atoms with Crippen LogP contribution in [-0.4, -0.2) is 38.5 Å². The molecule has 2 bridgehead atoms. The zero-order chi connectivity index (χ0) is 27.0. The lowest BCUT2D eigenvalue weighted by Crippen LogP contribution is -2.48.